The Kier molecular flexibility index (Phi) is 6.24. The zero-order valence-corrected chi connectivity index (χ0v) is 14.7. The van der Waals surface area contributed by atoms with Crippen LogP contribution in [0.25, 0.3) is 0 Å². The molecule has 1 N–H and O–H groups in total. The topological polar surface area (TPSA) is 47.6 Å². The van der Waals surface area contributed by atoms with Crippen molar-refractivity contribution in [1.29, 1.82) is 0 Å². The highest BCUT2D eigenvalue weighted by Crippen LogP contribution is 2.14. The van der Waals surface area contributed by atoms with Gasteiger partial charge in [0.1, 0.15) is 18.1 Å². The van der Waals surface area contributed by atoms with Crippen LogP contribution in [0, 0.1) is 13.8 Å². The first kappa shape index (κ1) is 17.9. The van der Waals surface area contributed by atoms with Gasteiger partial charge in [0.05, 0.1) is 6.04 Å². The van der Waals surface area contributed by atoms with Gasteiger partial charge in [-0.15, -0.1) is 0 Å². The monoisotopic (exact) mass is 327 g/mol. The van der Waals surface area contributed by atoms with Gasteiger partial charge >= 0.3 is 0 Å². The average Bonchev–Trinajstić information content (AvgIpc) is 2.56. The SMILES string of the molecule is Cc1ccc(OC[C@@H](C)NC(=O)[C@H](C)Oc2ccc(C)cc2)cc1. The second-order valence-corrected chi connectivity index (χ2v) is 6.11. The molecule has 128 valence electrons. The predicted molar refractivity (Wildman–Crippen MR) is 95.5 cm³/mol. The van der Waals surface area contributed by atoms with Crippen LogP contribution in [-0.4, -0.2) is 24.7 Å². The van der Waals surface area contributed by atoms with Crippen molar-refractivity contribution >= 4 is 5.91 Å². The molecule has 0 aliphatic rings. The minimum absolute atomic E-state index is 0.108. The third-order valence-corrected chi connectivity index (χ3v) is 3.61. The van der Waals surface area contributed by atoms with Gasteiger partial charge in [0, 0.05) is 0 Å². The van der Waals surface area contributed by atoms with Crippen LogP contribution in [0.3, 0.4) is 0 Å². The minimum Gasteiger partial charge on any atom is -0.491 e. The van der Waals surface area contributed by atoms with Gasteiger partial charge in [0.2, 0.25) is 0 Å². The zero-order chi connectivity index (χ0) is 17.5. The summed E-state index contributed by atoms with van der Waals surface area (Å²) in [6.45, 7) is 8.09. The summed E-state index contributed by atoms with van der Waals surface area (Å²) in [4.78, 5) is 12.2. The van der Waals surface area contributed by atoms with Crippen LogP contribution in [0.4, 0.5) is 0 Å². The van der Waals surface area contributed by atoms with Gasteiger partial charge in [-0.1, -0.05) is 35.4 Å². The summed E-state index contributed by atoms with van der Waals surface area (Å²) in [6, 6.07) is 15.4. The lowest BCUT2D eigenvalue weighted by atomic mass is 10.2. The fourth-order valence-electron chi connectivity index (χ4n) is 2.13. The fraction of sp³-hybridized carbons (Fsp3) is 0.350. The zero-order valence-electron chi connectivity index (χ0n) is 14.7. The smallest absolute Gasteiger partial charge is 0.261 e. The molecule has 2 aromatic rings. The standard InChI is InChI=1S/C20H25NO3/c1-14-5-9-18(10-6-14)23-13-16(3)21-20(22)17(4)24-19-11-7-15(2)8-12-19/h5-12,16-17H,13H2,1-4H3,(H,21,22)/t16-,17+/m1/s1. The third-order valence-electron chi connectivity index (χ3n) is 3.61. The Morgan fingerprint density at radius 2 is 1.42 bits per heavy atom. The Morgan fingerprint density at radius 1 is 0.917 bits per heavy atom. The number of aryl methyl sites for hydroxylation is 2. The highest BCUT2D eigenvalue weighted by molar-refractivity contribution is 5.81. The Balaban J connectivity index is 1.77. The van der Waals surface area contributed by atoms with Crippen molar-refractivity contribution in [3.63, 3.8) is 0 Å². The van der Waals surface area contributed by atoms with E-state index in [9.17, 15) is 4.79 Å². The van der Waals surface area contributed by atoms with Gasteiger partial charge in [-0.25, -0.2) is 0 Å². The summed E-state index contributed by atoms with van der Waals surface area (Å²) in [5, 5.41) is 2.90. The maximum absolute atomic E-state index is 12.2. The highest BCUT2D eigenvalue weighted by Gasteiger charge is 2.17. The Labute approximate surface area is 143 Å². The van der Waals surface area contributed by atoms with E-state index in [0.717, 1.165) is 11.3 Å². The summed E-state index contributed by atoms with van der Waals surface area (Å²) < 4.78 is 11.3. The van der Waals surface area contributed by atoms with Crippen molar-refractivity contribution < 1.29 is 14.3 Å². The first-order valence-electron chi connectivity index (χ1n) is 8.17. The lowest BCUT2D eigenvalue weighted by molar-refractivity contribution is -0.128. The number of amides is 1. The molecule has 0 spiro atoms. The molecule has 1 amide bonds. The first-order valence-corrected chi connectivity index (χ1v) is 8.17. The summed E-state index contributed by atoms with van der Waals surface area (Å²) in [7, 11) is 0. The maximum atomic E-state index is 12.2. The summed E-state index contributed by atoms with van der Waals surface area (Å²) >= 11 is 0. The molecule has 0 radical (unpaired) electrons. The van der Waals surface area contributed by atoms with Gasteiger partial charge in [0.25, 0.3) is 5.91 Å². The largest absolute Gasteiger partial charge is 0.491 e. The Morgan fingerprint density at radius 3 is 1.96 bits per heavy atom. The lowest BCUT2D eigenvalue weighted by Crippen LogP contribution is -2.43. The van der Waals surface area contributed by atoms with Crippen LogP contribution in [0.2, 0.25) is 0 Å². The molecule has 2 atom stereocenters. The van der Waals surface area contributed by atoms with E-state index in [1.54, 1.807) is 6.92 Å². The number of nitrogens with one attached hydrogen (secondary N) is 1. The molecule has 0 fully saturated rings. The van der Waals surface area contributed by atoms with Crippen LogP contribution in [0.15, 0.2) is 48.5 Å². The van der Waals surface area contributed by atoms with E-state index < -0.39 is 6.10 Å². The second-order valence-electron chi connectivity index (χ2n) is 6.11. The fourth-order valence-corrected chi connectivity index (χ4v) is 2.13. The van der Waals surface area contributed by atoms with Crippen LogP contribution >= 0.6 is 0 Å². The Hall–Kier alpha value is -2.49. The average molecular weight is 327 g/mol. The summed E-state index contributed by atoms with van der Waals surface area (Å²) in [5.74, 6) is 1.33. The number of hydrogen-bond acceptors (Lipinski definition) is 3. The van der Waals surface area contributed by atoms with Crippen LogP contribution < -0.4 is 14.8 Å². The van der Waals surface area contributed by atoms with Gasteiger partial charge in [-0.3, -0.25) is 4.79 Å². The van der Waals surface area contributed by atoms with Crippen LogP contribution in [-0.2, 0) is 4.79 Å². The van der Waals surface area contributed by atoms with Gasteiger partial charge in [-0.2, -0.15) is 0 Å². The van der Waals surface area contributed by atoms with E-state index in [-0.39, 0.29) is 11.9 Å². The molecule has 2 rings (SSSR count). The van der Waals surface area contributed by atoms with E-state index >= 15 is 0 Å². The predicted octanol–water partition coefficient (Wildman–Crippen LogP) is 3.65. The molecule has 0 saturated carbocycles. The number of ether oxygens (including phenoxy) is 2. The number of carbonyl (C=O) groups excluding carboxylic acids is 1. The second kappa shape index (κ2) is 8.39. The normalized spacial score (nSPS) is 13.0. The van der Waals surface area contributed by atoms with Crippen molar-refractivity contribution in [1.82, 2.24) is 5.32 Å². The lowest BCUT2D eigenvalue weighted by Gasteiger charge is -2.19. The molecule has 0 aliphatic carbocycles. The van der Waals surface area contributed by atoms with Crippen molar-refractivity contribution in [3.05, 3.63) is 59.7 Å². The number of benzene rings is 2. The molecule has 0 saturated heterocycles. The Bertz CT molecular complexity index is 650. The van der Waals surface area contributed by atoms with Crippen molar-refractivity contribution in [2.45, 2.75) is 39.8 Å². The molecule has 4 nitrogen and oxygen atoms in total. The molecule has 0 aromatic heterocycles. The molecule has 4 heteroatoms. The molecule has 2 aromatic carbocycles. The summed E-state index contributed by atoms with van der Waals surface area (Å²) in [5.41, 5.74) is 2.34. The van der Waals surface area contributed by atoms with Crippen LogP contribution in [0.5, 0.6) is 11.5 Å². The van der Waals surface area contributed by atoms with Crippen molar-refractivity contribution in [2.75, 3.05) is 6.61 Å². The molecule has 0 heterocycles. The maximum Gasteiger partial charge on any atom is 0.261 e. The number of rotatable bonds is 7. The molecule has 0 aliphatic heterocycles. The molecule has 0 unspecified atom stereocenters. The quantitative estimate of drug-likeness (QED) is 0.844. The molecular weight excluding hydrogens is 302 g/mol. The number of carbonyl (C=O) groups is 1. The van der Waals surface area contributed by atoms with E-state index in [2.05, 4.69) is 5.32 Å². The van der Waals surface area contributed by atoms with Crippen molar-refractivity contribution in [2.24, 2.45) is 0 Å². The summed E-state index contributed by atoms with van der Waals surface area (Å²) in [6.07, 6.45) is -0.561. The van der Waals surface area contributed by atoms with E-state index in [1.807, 2.05) is 69.3 Å². The number of hydrogen-bond donors (Lipinski definition) is 1. The highest BCUT2D eigenvalue weighted by atomic mass is 16.5. The molecular formula is C20H25NO3. The minimum atomic E-state index is -0.561. The van der Waals surface area contributed by atoms with E-state index in [4.69, 9.17) is 9.47 Å². The van der Waals surface area contributed by atoms with Gasteiger partial charge in [-0.05, 0) is 52.0 Å². The van der Waals surface area contributed by atoms with Gasteiger partial charge in [0.15, 0.2) is 6.10 Å². The van der Waals surface area contributed by atoms with E-state index in [1.165, 1.54) is 5.56 Å². The third kappa shape index (κ3) is 5.61. The van der Waals surface area contributed by atoms with Crippen LogP contribution in [0.1, 0.15) is 25.0 Å². The van der Waals surface area contributed by atoms with E-state index in [0.29, 0.717) is 12.4 Å². The molecule has 0 bridgehead atoms. The first-order chi connectivity index (χ1) is 11.4. The van der Waals surface area contributed by atoms with Gasteiger partial charge < -0.3 is 14.8 Å². The van der Waals surface area contributed by atoms with Crippen molar-refractivity contribution in [3.8, 4) is 11.5 Å². The molecule has 24 heavy (non-hydrogen) atoms.